The maximum absolute atomic E-state index is 7.57. The molecule has 0 aliphatic carbocycles. The molecule has 0 unspecified atom stereocenters. The van der Waals surface area contributed by atoms with E-state index in [4.69, 9.17) is 22.0 Å². The van der Waals surface area contributed by atoms with E-state index in [1.165, 1.54) is 0 Å². The second-order valence-corrected chi connectivity index (χ2v) is 2.07. The highest BCUT2D eigenvalue weighted by Crippen LogP contribution is 1.73. The summed E-state index contributed by atoms with van der Waals surface area (Å²) >= 11 is 0. The fourth-order valence-electron chi connectivity index (χ4n) is 0.223. The summed E-state index contributed by atoms with van der Waals surface area (Å²) < 4.78 is 0. The summed E-state index contributed by atoms with van der Waals surface area (Å²) in [6, 6.07) is 0. The molecule has 0 amide bonds. The molecule has 6 nitrogen and oxygen atoms in total. The molecule has 0 bridgehead atoms. The van der Waals surface area contributed by atoms with E-state index in [1.54, 1.807) is 25.9 Å². The summed E-state index contributed by atoms with van der Waals surface area (Å²) in [7, 11) is 3.45. The van der Waals surface area contributed by atoms with Gasteiger partial charge in [0.25, 0.3) is 0 Å². The van der Waals surface area contributed by atoms with Crippen molar-refractivity contribution in [1.82, 2.24) is 4.90 Å². The van der Waals surface area contributed by atoms with E-state index in [0.29, 0.717) is 0 Å². The Morgan fingerprint density at radius 1 is 1.46 bits per heavy atom. The van der Waals surface area contributed by atoms with Crippen LogP contribution in [0.2, 0.25) is 0 Å². The first-order valence-electron chi connectivity index (χ1n) is 3.42. The largest absolute Gasteiger partial charge is 0.397 e. The van der Waals surface area contributed by atoms with Crippen molar-refractivity contribution in [2.24, 2.45) is 16.5 Å². The van der Waals surface area contributed by atoms with E-state index < -0.39 is 0 Å². The number of nitrogens with zero attached hydrogens (tertiary/aromatic N) is 2. The third-order valence-electron chi connectivity index (χ3n) is 0.693. The number of nitrogens with two attached hydrogens (primary N) is 2. The molecule has 0 atom stereocenters. The zero-order valence-corrected chi connectivity index (χ0v) is 8.93. The van der Waals surface area contributed by atoms with E-state index in [1.807, 2.05) is 0 Å². The van der Waals surface area contributed by atoms with Gasteiger partial charge in [0.2, 0.25) is 5.96 Å². The van der Waals surface area contributed by atoms with Gasteiger partial charge >= 0.3 is 0 Å². The Morgan fingerprint density at radius 2 is 1.77 bits per heavy atom. The number of hydrogen-bond donors (Lipinski definition) is 4. The number of aliphatic imine (C=N–C) groups is 1. The molecule has 0 aromatic carbocycles. The van der Waals surface area contributed by atoms with Crippen LogP contribution < -0.4 is 11.5 Å². The third-order valence-corrected chi connectivity index (χ3v) is 0.693. The van der Waals surface area contributed by atoms with Gasteiger partial charge in [-0.1, -0.05) is 0 Å². The summed E-state index contributed by atoms with van der Waals surface area (Å²) in [6.45, 7) is 1.93. The van der Waals surface area contributed by atoms with E-state index in [-0.39, 0.29) is 30.9 Å². The lowest BCUT2D eigenvalue weighted by Crippen LogP contribution is -2.32. The summed E-state index contributed by atoms with van der Waals surface area (Å²) in [5.41, 5.74) is 10.2. The molecule has 0 saturated carbocycles. The van der Waals surface area contributed by atoms with Crippen LogP contribution in [0.15, 0.2) is 4.99 Å². The van der Waals surface area contributed by atoms with Gasteiger partial charge in [-0.05, 0) is 6.92 Å². The second kappa shape index (κ2) is 11.0. The SMILES string of the molecule is CCO.CN(C)C(N)=NC(=N)N.Cl. The fourth-order valence-corrected chi connectivity index (χ4v) is 0.223. The average molecular weight is 212 g/mol. The van der Waals surface area contributed by atoms with Gasteiger partial charge in [0, 0.05) is 20.7 Å². The normalized spacial score (nSPS) is 9.08. The maximum Gasteiger partial charge on any atom is 0.215 e. The number of hydrogen-bond acceptors (Lipinski definition) is 2. The van der Waals surface area contributed by atoms with Crippen molar-refractivity contribution in [2.75, 3.05) is 20.7 Å². The van der Waals surface area contributed by atoms with Crippen molar-refractivity contribution in [3.05, 3.63) is 0 Å². The van der Waals surface area contributed by atoms with Crippen LogP contribution in [-0.2, 0) is 0 Å². The molecular formula is C6H18ClN5O. The van der Waals surface area contributed by atoms with Gasteiger partial charge in [-0.15, -0.1) is 12.4 Å². The van der Waals surface area contributed by atoms with Crippen LogP contribution in [0.5, 0.6) is 0 Å². The van der Waals surface area contributed by atoms with Crippen LogP contribution in [0.3, 0.4) is 0 Å². The highest BCUT2D eigenvalue weighted by atomic mass is 35.5. The van der Waals surface area contributed by atoms with Gasteiger partial charge in [-0.2, -0.15) is 4.99 Å². The summed E-state index contributed by atoms with van der Waals surface area (Å²) in [6.07, 6.45) is 0. The van der Waals surface area contributed by atoms with Crippen LogP contribution in [-0.4, -0.2) is 42.6 Å². The van der Waals surface area contributed by atoms with Crippen molar-refractivity contribution < 1.29 is 5.11 Å². The number of aliphatic hydroxyl groups excluding tert-OH is 1. The molecule has 0 aromatic rings. The van der Waals surface area contributed by atoms with Gasteiger partial charge in [-0.25, -0.2) is 0 Å². The highest BCUT2D eigenvalue weighted by molar-refractivity contribution is 5.91. The lowest BCUT2D eigenvalue weighted by Gasteiger charge is -2.08. The van der Waals surface area contributed by atoms with Crippen molar-refractivity contribution >= 4 is 24.3 Å². The topological polar surface area (TPSA) is 112 Å². The number of guanidine groups is 2. The van der Waals surface area contributed by atoms with Crippen LogP contribution in [0.25, 0.3) is 0 Å². The molecule has 0 aliphatic heterocycles. The van der Waals surface area contributed by atoms with Crippen molar-refractivity contribution in [1.29, 1.82) is 5.41 Å². The molecule has 0 rings (SSSR count). The standard InChI is InChI=1S/C4H11N5.C2H6O.ClH/c1-9(2)4(7)8-3(5)6;1-2-3;/h1-2H3,(H5,5,6,7,8);3H,2H2,1H3;1H. The fraction of sp³-hybridized carbons (Fsp3) is 0.667. The van der Waals surface area contributed by atoms with Gasteiger partial charge < -0.3 is 21.5 Å². The lowest BCUT2D eigenvalue weighted by molar-refractivity contribution is 0.318. The van der Waals surface area contributed by atoms with Crippen molar-refractivity contribution in [2.45, 2.75) is 6.92 Å². The molecular weight excluding hydrogens is 194 g/mol. The van der Waals surface area contributed by atoms with Crippen LogP contribution in [0.1, 0.15) is 6.92 Å². The van der Waals surface area contributed by atoms with E-state index >= 15 is 0 Å². The number of halogens is 1. The molecule has 0 radical (unpaired) electrons. The minimum atomic E-state index is -0.277. The highest BCUT2D eigenvalue weighted by Gasteiger charge is 1.92. The Labute approximate surface area is 84.5 Å². The Balaban J connectivity index is -0.000000220. The molecule has 7 heteroatoms. The molecule has 0 aliphatic rings. The van der Waals surface area contributed by atoms with Crippen molar-refractivity contribution in [3.63, 3.8) is 0 Å². The Kier molecular flexibility index (Phi) is 15.1. The Morgan fingerprint density at radius 3 is 1.85 bits per heavy atom. The van der Waals surface area contributed by atoms with E-state index in [2.05, 4.69) is 4.99 Å². The minimum absolute atomic E-state index is 0. The van der Waals surface area contributed by atoms with Crippen LogP contribution in [0, 0.1) is 5.41 Å². The van der Waals surface area contributed by atoms with Crippen LogP contribution >= 0.6 is 12.4 Å². The van der Waals surface area contributed by atoms with E-state index in [0.717, 1.165) is 0 Å². The first-order valence-corrected chi connectivity index (χ1v) is 3.42. The first-order chi connectivity index (χ1) is 5.45. The first kappa shape index (κ1) is 17.9. The summed E-state index contributed by atoms with van der Waals surface area (Å²) in [5.74, 6) is -0.0382. The predicted octanol–water partition coefficient (Wildman–Crippen LogP) is -0.823. The molecule has 0 aromatic heterocycles. The van der Waals surface area contributed by atoms with Crippen LogP contribution in [0.4, 0.5) is 0 Å². The van der Waals surface area contributed by atoms with E-state index in [9.17, 15) is 0 Å². The van der Waals surface area contributed by atoms with Gasteiger partial charge in [0.15, 0.2) is 5.96 Å². The lowest BCUT2D eigenvalue weighted by atomic mass is 10.8. The number of aliphatic hydroxyl groups is 1. The third kappa shape index (κ3) is 18.2. The molecule has 0 spiro atoms. The zero-order valence-electron chi connectivity index (χ0n) is 8.11. The van der Waals surface area contributed by atoms with Crippen molar-refractivity contribution in [3.8, 4) is 0 Å². The maximum atomic E-state index is 7.57. The number of nitrogens with one attached hydrogen (secondary N) is 1. The number of rotatable bonds is 0. The molecule has 0 fully saturated rings. The quantitative estimate of drug-likeness (QED) is 0.310. The summed E-state index contributed by atoms with van der Waals surface area (Å²) in [4.78, 5) is 5.03. The summed E-state index contributed by atoms with van der Waals surface area (Å²) in [5, 5.41) is 14.3. The van der Waals surface area contributed by atoms with Gasteiger partial charge in [0.05, 0.1) is 0 Å². The molecule has 13 heavy (non-hydrogen) atoms. The molecule has 0 heterocycles. The molecule has 80 valence electrons. The monoisotopic (exact) mass is 211 g/mol. The average Bonchev–Trinajstić information content (AvgIpc) is 1.87. The minimum Gasteiger partial charge on any atom is -0.397 e. The zero-order chi connectivity index (χ0) is 10.1. The Bertz CT molecular complexity index is 159. The molecule has 6 N–H and O–H groups in total. The Hall–Kier alpha value is -1.01. The second-order valence-electron chi connectivity index (χ2n) is 2.07. The van der Waals surface area contributed by atoms with Gasteiger partial charge in [0.1, 0.15) is 0 Å². The smallest absolute Gasteiger partial charge is 0.215 e. The predicted molar refractivity (Wildman–Crippen MR) is 57.2 cm³/mol. The molecule has 0 saturated heterocycles. The van der Waals surface area contributed by atoms with Gasteiger partial charge in [-0.3, -0.25) is 5.41 Å².